The molecular formula is C28H23NO6. The lowest BCUT2D eigenvalue weighted by molar-refractivity contribution is -0.123. The number of allylic oxidation sites excluding steroid dienone is 6. The number of nitrogens with zero attached hydrogens (tertiary/aromatic N) is 1. The summed E-state index contributed by atoms with van der Waals surface area (Å²) in [5, 5.41) is 9.54. The summed E-state index contributed by atoms with van der Waals surface area (Å²) < 4.78 is 5.87. The molecule has 4 unspecified atom stereocenters. The zero-order valence-electron chi connectivity index (χ0n) is 19.1. The standard InChI is InChI=1S/C28H23NO6/c1-14-11-21(31)20-12-19-17(24(25(20)26(14)32)22-10-7-16(13-30)35-22)8-9-18-23(19)28(34)29(27(18)33)15-5-3-2-4-6-15/h2-8,10-11,18-19,23-24,30H,9,12-13H2,1H3. The Hall–Kier alpha value is -3.84. The normalized spacial score (nSPS) is 28.0. The number of Topliss-reactive ketones (excluding diaryl/α,β-unsaturated/α-hetero) is 1. The van der Waals surface area contributed by atoms with Gasteiger partial charge in [0.05, 0.1) is 23.4 Å². The molecule has 0 saturated carbocycles. The number of carbonyl (C=O) groups is 4. The van der Waals surface area contributed by atoms with Gasteiger partial charge in [0, 0.05) is 16.7 Å². The average molecular weight is 469 g/mol. The minimum absolute atomic E-state index is 0.215. The number of fused-ring (bicyclic) bond motifs is 3. The largest absolute Gasteiger partial charge is 0.463 e. The molecule has 7 heteroatoms. The third-order valence-corrected chi connectivity index (χ3v) is 7.70. The summed E-state index contributed by atoms with van der Waals surface area (Å²) in [6.45, 7) is 1.33. The lowest BCUT2D eigenvalue weighted by Crippen LogP contribution is -2.39. The molecule has 1 aliphatic heterocycles. The van der Waals surface area contributed by atoms with E-state index in [0.29, 0.717) is 40.3 Å². The molecule has 1 fully saturated rings. The van der Waals surface area contributed by atoms with E-state index < -0.39 is 23.7 Å². The molecular weight excluding hydrogens is 446 g/mol. The first-order valence-corrected chi connectivity index (χ1v) is 11.7. The number of hydrogen-bond donors (Lipinski definition) is 1. The fourth-order valence-electron chi connectivity index (χ4n) is 6.15. The van der Waals surface area contributed by atoms with Gasteiger partial charge in [0.2, 0.25) is 11.8 Å². The van der Waals surface area contributed by atoms with Crippen molar-refractivity contribution in [2.24, 2.45) is 17.8 Å². The maximum Gasteiger partial charge on any atom is 0.238 e. The lowest BCUT2D eigenvalue weighted by atomic mass is 9.60. The van der Waals surface area contributed by atoms with E-state index in [-0.39, 0.29) is 36.4 Å². The topological polar surface area (TPSA) is 105 Å². The zero-order chi connectivity index (χ0) is 24.4. The van der Waals surface area contributed by atoms with E-state index >= 15 is 0 Å². The van der Waals surface area contributed by atoms with E-state index in [2.05, 4.69) is 0 Å². The van der Waals surface area contributed by atoms with Crippen LogP contribution in [-0.4, -0.2) is 28.5 Å². The van der Waals surface area contributed by atoms with Crippen molar-refractivity contribution in [3.05, 3.63) is 88.4 Å². The van der Waals surface area contributed by atoms with Crippen molar-refractivity contribution in [2.75, 3.05) is 4.90 Å². The Morgan fingerprint density at radius 1 is 1.00 bits per heavy atom. The van der Waals surface area contributed by atoms with E-state index in [9.17, 15) is 24.3 Å². The third kappa shape index (κ3) is 3.08. The Morgan fingerprint density at radius 3 is 2.49 bits per heavy atom. The van der Waals surface area contributed by atoms with Gasteiger partial charge >= 0.3 is 0 Å². The highest BCUT2D eigenvalue weighted by Gasteiger charge is 2.57. The summed E-state index contributed by atoms with van der Waals surface area (Å²) in [5.74, 6) is -2.36. The Balaban J connectivity index is 1.48. The Morgan fingerprint density at radius 2 is 1.77 bits per heavy atom. The second-order valence-corrected chi connectivity index (χ2v) is 9.54. The Kier molecular flexibility index (Phi) is 4.86. The van der Waals surface area contributed by atoms with Crippen LogP contribution in [0.3, 0.4) is 0 Å². The summed E-state index contributed by atoms with van der Waals surface area (Å²) >= 11 is 0. The number of anilines is 1. The molecule has 1 aromatic carbocycles. The smallest absolute Gasteiger partial charge is 0.238 e. The number of amides is 2. The van der Waals surface area contributed by atoms with Gasteiger partial charge < -0.3 is 9.52 Å². The molecule has 0 radical (unpaired) electrons. The lowest BCUT2D eigenvalue weighted by Gasteiger charge is -2.41. The molecule has 7 nitrogen and oxygen atoms in total. The molecule has 1 N–H and O–H groups in total. The van der Waals surface area contributed by atoms with Gasteiger partial charge in [-0.05, 0) is 56.0 Å². The van der Waals surface area contributed by atoms with Crippen LogP contribution in [-0.2, 0) is 25.8 Å². The first-order chi connectivity index (χ1) is 16.9. The van der Waals surface area contributed by atoms with E-state index in [1.807, 2.05) is 12.1 Å². The molecule has 176 valence electrons. The zero-order valence-corrected chi connectivity index (χ0v) is 19.1. The van der Waals surface area contributed by atoms with Gasteiger partial charge in [-0.15, -0.1) is 0 Å². The fourth-order valence-corrected chi connectivity index (χ4v) is 6.15. The predicted octanol–water partition coefficient (Wildman–Crippen LogP) is 3.41. The Bertz CT molecular complexity index is 1390. The highest BCUT2D eigenvalue weighted by molar-refractivity contribution is 6.25. The number of carbonyl (C=O) groups excluding carboxylic acids is 4. The molecule has 4 aliphatic rings. The van der Waals surface area contributed by atoms with Gasteiger partial charge in [0.25, 0.3) is 0 Å². The van der Waals surface area contributed by atoms with Gasteiger partial charge in [-0.25, -0.2) is 0 Å². The third-order valence-electron chi connectivity index (χ3n) is 7.70. The van der Waals surface area contributed by atoms with Crippen molar-refractivity contribution in [3.63, 3.8) is 0 Å². The van der Waals surface area contributed by atoms with Crippen molar-refractivity contribution >= 4 is 29.1 Å². The number of rotatable bonds is 3. The number of furan rings is 1. The van der Waals surface area contributed by atoms with Crippen LogP contribution < -0.4 is 4.90 Å². The predicted molar refractivity (Wildman–Crippen MR) is 125 cm³/mol. The maximum absolute atomic E-state index is 13.7. The van der Waals surface area contributed by atoms with Gasteiger partial charge in [0.1, 0.15) is 18.1 Å². The molecule has 0 bridgehead atoms. The van der Waals surface area contributed by atoms with E-state index in [4.69, 9.17) is 4.42 Å². The molecule has 2 amide bonds. The van der Waals surface area contributed by atoms with E-state index in [1.54, 1.807) is 43.3 Å². The molecule has 2 heterocycles. The molecule has 3 aliphatic carbocycles. The number of benzene rings is 1. The first kappa shape index (κ1) is 21.7. The monoisotopic (exact) mass is 469 g/mol. The number of ketones is 2. The highest BCUT2D eigenvalue weighted by Crippen LogP contribution is 2.55. The highest BCUT2D eigenvalue weighted by atomic mass is 16.4. The van der Waals surface area contributed by atoms with Crippen molar-refractivity contribution in [1.29, 1.82) is 0 Å². The molecule has 4 atom stereocenters. The average Bonchev–Trinajstić information content (AvgIpc) is 3.44. The van der Waals surface area contributed by atoms with Crippen LogP contribution >= 0.6 is 0 Å². The van der Waals surface area contributed by atoms with Gasteiger partial charge in [-0.1, -0.05) is 29.8 Å². The fraction of sp³-hybridized carbons (Fsp3) is 0.286. The molecule has 35 heavy (non-hydrogen) atoms. The second kappa shape index (κ2) is 7.85. The van der Waals surface area contributed by atoms with Crippen molar-refractivity contribution < 1.29 is 28.7 Å². The minimum Gasteiger partial charge on any atom is -0.463 e. The maximum atomic E-state index is 13.7. The van der Waals surface area contributed by atoms with Crippen molar-refractivity contribution in [1.82, 2.24) is 0 Å². The van der Waals surface area contributed by atoms with Crippen molar-refractivity contribution in [2.45, 2.75) is 32.3 Å². The summed E-state index contributed by atoms with van der Waals surface area (Å²) in [7, 11) is 0. The number of aliphatic hydroxyl groups excluding tert-OH is 1. The summed E-state index contributed by atoms with van der Waals surface area (Å²) in [6, 6.07) is 12.2. The van der Waals surface area contributed by atoms with Gasteiger partial charge in [0.15, 0.2) is 11.6 Å². The molecule has 6 rings (SSSR count). The SMILES string of the molecule is CC1=CC(=O)C2=C(C1=O)C(c1ccc(CO)o1)C1=CCC3C(=O)N(c4ccccc4)C(=O)C3C1C2. The van der Waals surface area contributed by atoms with Crippen LogP contribution in [0.25, 0.3) is 0 Å². The number of para-hydroxylation sites is 1. The van der Waals surface area contributed by atoms with Gasteiger partial charge in [-0.3, -0.25) is 24.1 Å². The molecule has 1 saturated heterocycles. The quantitative estimate of drug-likeness (QED) is 0.420. The van der Waals surface area contributed by atoms with Crippen LogP contribution in [0.15, 0.2) is 81.3 Å². The second-order valence-electron chi connectivity index (χ2n) is 9.54. The van der Waals surface area contributed by atoms with E-state index in [1.165, 1.54) is 11.0 Å². The van der Waals surface area contributed by atoms with Crippen molar-refractivity contribution in [3.8, 4) is 0 Å². The summed E-state index contributed by atoms with van der Waals surface area (Å²) in [6.07, 6.45) is 3.90. The molecule has 2 aromatic rings. The first-order valence-electron chi connectivity index (χ1n) is 11.7. The van der Waals surface area contributed by atoms with Gasteiger partial charge in [-0.2, -0.15) is 0 Å². The van der Waals surface area contributed by atoms with Crippen LogP contribution in [0.2, 0.25) is 0 Å². The van der Waals surface area contributed by atoms with Crippen LogP contribution in [0.1, 0.15) is 37.2 Å². The Labute approximate surface area is 201 Å². The number of imide groups is 1. The van der Waals surface area contributed by atoms with Crippen LogP contribution in [0.4, 0.5) is 5.69 Å². The minimum atomic E-state index is -0.640. The van der Waals surface area contributed by atoms with Crippen LogP contribution in [0.5, 0.6) is 0 Å². The summed E-state index contributed by atoms with van der Waals surface area (Å²) in [4.78, 5) is 54.7. The molecule has 0 spiro atoms. The van der Waals surface area contributed by atoms with E-state index in [0.717, 1.165) is 5.57 Å². The number of aliphatic hydroxyl groups is 1. The molecule has 1 aromatic heterocycles. The summed E-state index contributed by atoms with van der Waals surface area (Å²) in [5.41, 5.74) is 2.49. The number of hydrogen-bond acceptors (Lipinski definition) is 6. The van der Waals surface area contributed by atoms with Crippen LogP contribution in [0, 0.1) is 17.8 Å².